The molecule has 0 aliphatic carbocycles. The summed E-state index contributed by atoms with van der Waals surface area (Å²) < 4.78 is 5.11. The molecule has 0 bridgehead atoms. The summed E-state index contributed by atoms with van der Waals surface area (Å²) in [5.41, 5.74) is 6.93. The minimum atomic E-state index is -0.686. The number of thioether (sulfide) groups is 1. The van der Waals surface area contributed by atoms with Crippen LogP contribution in [0.2, 0.25) is 0 Å². The summed E-state index contributed by atoms with van der Waals surface area (Å²) >= 11 is 0.983. The van der Waals surface area contributed by atoms with Gasteiger partial charge in [-0.1, -0.05) is 42.1 Å². The Balaban J connectivity index is 1.47. The lowest BCUT2D eigenvalue weighted by Gasteiger charge is -2.15. The van der Waals surface area contributed by atoms with Crippen molar-refractivity contribution in [3.63, 3.8) is 0 Å². The molecule has 162 valence electrons. The van der Waals surface area contributed by atoms with E-state index in [4.69, 9.17) is 10.5 Å². The molecular weight excluding hydrogens is 428 g/mol. The second kappa shape index (κ2) is 9.11. The van der Waals surface area contributed by atoms with Crippen LogP contribution in [-0.2, 0) is 9.59 Å². The Kier molecular flexibility index (Phi) is 6.09. The van der Waals surface area contributed by atoms with Crippen LogP contribution in [0.1, 0.15) is 12.0 Å². The van der Waals surface area contributed by atoms with E-state index < -0.39 is 5.25 Å². The van der Waals surface area contributed by atoms with Crippen LogP contribution >= 0.6 is 11.8 Å². The van der Waals surface area contributed by atoms with Crippen LogP contribution in [0, 0.1) is 0 Å². The quantitative estimate of drug-likeness (QED) is 0.268. The smallest absolute Gasteiger partial charge is 0.247 e. The van der Waals surface area contributed by atoms with Gasteiger partial charge < -0.3 is 15.6 Å². The number of nitrogens with zero attached hydrogens (tertiary/aromatic N) is 3. The van der Waals surface area contributed by atoms with Crippen molar-refractivity contribution in [2.24, 2.45) is 15.9 Å². The zero-order chi connectivity index (χ0) is 22.7. The monoisotopic (exact) mass is 448 g/mol. The van der Waals surface area contributed by atoms with Crippen molar-refractivity contribution in [2.45, 2.75) is 11.7 Å². The standard InChI is InChI=1S/C23H20N4O4S/c1-31-16-9-7-15(8-10-16)27-21(29)12-20(22(27)30)32-23(24)26-25-13-18-17-5-3-2-4-14(17)6-11-19(18)28/h2-11,13,20,28H,12H2,1H3,(H2,24,26)/b25-13-/t20-/m1/s1. The number of imide groups is 1. The highest BCUT2D eigenvalue weighted by Crippen LogP contribution is 2.31. The molecule has 1 heterocycles. The fourth-order valence-corrected chi connectivity index (χ4v) is 4.25. The van der Waals surface area contributed by atoms with Gasteiger partial charge in [0.1, 0.15) is 16.7 Å². The molecule has 2 amide bonds. The minimum absolute atomic E-state index is 0.0135. The second-order valence-corrected chi connectivity index (χ2v) is 8.20. The SMILES string of the molecule is COc1ccc(N2C(=O)C[C@@H](SC(N)=N/N=C\c3c(O)ccc4ccccc34)C2=O)cc1. The number of amidine groups is 1. The number of benzene rings is 3. The van der Waals surface area contributed by atoms with Gasteiger partial charge in [0.25, 0.3) is 0 Å². The van der Waals surface area contributed by atoms with Crippen LogP contribution in [0.3, 0.4) is 0 Å². The molecule has 1 atom stereocenters. The van der Waals surface area contributed by atoms with Gasteiger partial charge in [0.2, 0.25) is 11.8 Å². The first kappa shape index (κ1) is 21.4. The van der Waals surface area contributed by atoms with E-state index in [1.165, 1.54) is 6.21 Å². The average Bonchev–Trinajstić information content (AvgIpc) is 3.08. The number of aromatic hydroxyl groups is 1. The van der Waals surface area contributed by atoms with Crippen molar-refractivity contribution in [3.05, 3.63) is 66.2 Å². The van der Waals surface area contributed by atoms with Crippen molar-refractivity contribution in [3.8, 4) is 11.5 Å². The third-order valence-electron chi connectivity index (χ3n) is 4.99. The predicted octanol–water partition coefficient (Wildman–Crippen LogP) is 3.27. The summed E-state index contributed by atoms with van der Waals surface area (Å²) in [7, 11) is 1.54. The topological polar surface area (TPSA) is 118 Å². The van der Waals surface area contributed by atoms with Crippen molar-refractivity contribution in [2.75, 3.05) is 12.0 Å². The number of carbonyl (C=O) groups excluding carboxylic acids is 2. The van der Waals surface area contributed by atoms with Crippen LogP contribution in [0.5, 0.6) is 11.5 Å². The Bertz CT molecular complexity index is 1240. The van der Waals surface area contributed by atoms with E-state index in [1.54, 1.807) is 37.4 Å². The molecule has 1 saturated heterocycles. The van der Waals surface area contributed by atoms with Crippen molar-refractivity contribution < 1.29 is 19.4 Å². The molecule has 1 aliphatic heterocycles. The summed E-state index contributed by atoms with van der Waals surface area (Å²) in [6.07, 6.45) is 1.43. The molecule has 3 aromatic carbocycles. The molecule has 4 rings (SSSR count). The number of fused-ring (bicyclic) bond motifs is 1. The number of nitrogens with two attached hydrogens (primary N) is 1. The van der Waals surface area contributed by atoms with Gasteiger partial charge in [-0.15, -0.1) is 5.10 Å². The van der Waals surface area contributed by atoms with Crippen LogP contribution in [0.25, 0.3) is 10.8 Å². The third-order valence-corrected chi connectivity index (χ3v) is 5.97. The molecule has 0 saturated carbocycles. The fourth-order valence-electron chi connectivity index (χ4n) is 3.43. The first-order valence-electron chi connectivity index (χ1n) is 9.72. The zero-order valence-corrected chi connectivity index (χ0v) is 18.0. The van der Waals surface area contributed by atoms with Gasteiger partial charge in [-0.3, -0.25) is 9.59 Å². The van der Waals surface area contributed by atoms with Crippen molar-refractivity contribution in [1.82, 2.24) is 0 Å². The number of amides is 2. The van der Waals surface area contributed by atoms with Crippen molar-refractivity contribution >= 4 is 51.4 Å². The van der Waals surface area contributed by atoms with Gasteiger partial charge in [-0.25, -0.2) is 4.90 Å². The number of methoxy groups -OCH3 is 1. The number of phenolic OH excluding ortho intramolecular Hbond substituents is 1. The number of hydrogen-bond acceptors (Lipinski definition) is 7. The average molecular weight is 449 g/mol. The summed E-state index contributed by atoms with van der Waals surface area (Å²) in [4.78, 5) is 26.3. The van der Waals surface area contributed by atoms with E-state index in [-0.39, 0.29) is 29.2 Å². The Morgan fingerprint density at radius 3 is 2.66 bits per heavy atom. The van der Waals surface area contributed by atoms with E-state index in [2.05, 4.69) is 10.2 Å². The molecule has 0 aromatic heterocycles. The maximum atomic E-state index is 12.8. The lowest BCUT2D eigenvalue weighted by Crippen LogP contribution is -2.31. The van der Waals surface area contributed by atoms with Crippen LogP contribution in [0.15, 0.2) is 70.9 Å². The summed E-state index contributed by atoms with van der Waals surface area (Å²) in [6, 6.07) is 17.6. The Morgan fingerprint density at radius 2 is 1.91 bits per heavy atom. The van der Waals surface area contributed by atoms with E-state index in [1.807, 2.05) is 30.3 Å². The van der Waals surface area contributed by atoms with Crippen molar-refractivity contribution in [1.29, 1.82) is 0 Å². The highest BCUT2D eigenvalue weighted by atomic mass is 32.2. The number of ether oxygens (including phenoxy) is 1. The lowest BCUT2D eigenvalue weighted by atomic mass is 10.0. The Labute approximate surface area is 188 Å². The first-order chi connectivity index (χ1) is 15.5. The molecule has 0 radical (unpaired) electrons. The second-order valence-electron chi connectivity index (χ2n) is 6.98. The van der Waals surface area contributed by atoms with Crippen LogP contribution < -0.4 is 15.4 Å². The van der Waals surface area contributed by atoms with E-state index >= 15 is 0 Å². The molecule has 1 fully saturated rings. The molecule has 0 spiro atoms. The highest BCUT2D eigenvalue weighted by molar-refractivity contribution is 8.14. The van der Waals surface area contributed by atoms with E-state index in [0.717, 1.165) is 27.4 Å². The van der Waals surface area contributed by atoms with E-state index in [9.17, 15) is 14.7 Å². The maximum Gasteiger partial charge on any atom is 0.247 e. The number of hydrogen-bond donors (Lipinski definition) is 2. The van der Waals surface area contributed by atoms with Gasteiger partial charge in [0.15, 0.2) is 5.17 Å². The molecule has 1 aliphatic rings. The zero-order valence-electron chi connectivity index (χ0n) is 17.1. The Morgan fingerprint density at radius 1 is 1.16 bits per heavy atom. The largest absolute Gasteiger partial charge is 0.507 e. The number of phenols is 1. The molecule has 9 heteroatoms. The summed E-state index contributed by atoms with van der Waals surface area (Å²) in [6.45, 7) is 0. The highest BCUT2D eigenvalue weighted by Gasteiger charge is 2.40. The van der Waals surface area contributed by atoms with Crippen LogP contribution in [0.4, 0.5) is 5.69 Å². The summed E-state index contributed by atoms with van der Waals surface area (Å²) in [5.74, 6) is 0.0273. The maximum absolute atomic E-state index is 12.8. The van der Waals surface area contributed by atoms with Gasteiger partial charge in [0.05, 0.1) is 19.0 Å². The normalized spacial score (nSPS) is 17.0. The molecule has 0 unspecified atom stereocenters. The van der Waals surface area contributed by atoms with Gasteiger partial charge in [-0.05, 0) is 41.1 Å². The number of rotatable bonds is 5. The van der Waals surface area contributed by atoms with Crippen LogP contribution in [-0.4, -0.2) is 40.7 Å². The van der Waals surface area contributed by atoms with Gasteiger partial charge in [0, 0.05) is 12.0 Å². The molecule has 32 heavy (non-hydrogen) atoms. The van der Waals surface area contributed by atoms with Gasteiger partial charge in [-0.2, -0.15) is 5.10 Å². The number of anilines is 1. The summed E-state index contributed by atoms with van der Waals surface area (Å²) in [5, 5.41) is 19.2. The molecule has 8 nitrogen and oxygen atoms in total. The minimum Gasteiger partial charge on any atom is -0.507 e. The van der Waals surface area contributed by atoms with E-state index in [0.29, 0.717) is 17.0 Å². The molecule has 3 aromatic rings. The fraction of sp³-hybridized carbons (Fsp3) is 0.130. The number of carbonyl (C=O) groups is 2. The van der Waals surface area contributed by atoms with Gasteiger partial charge >= 0.3 is 0 Å². The Hall–Kier alpha value is -3.85. The molecular formula is C23H20N4O4S. The third kappa shape index (κ3) is 4.28. The predicted molar refractivity (Wildman–Crippen MR) is 126 cm³/mol. The first-order valence-corrected chi connectivity index (χ1v) is 10.6. The lowest BCUT2D eigenvalue weighted by molar-refractivity contribution is -0.121. The molecule has 3 N–H and O–H groups in total.